The molecule has 0 spiro atoms. The molecule has 11 heteroatoms. The van der Waals surface area contributed by atoms with Gasteiger partial charge in [-0.3, -0.25) is 14.8 Å². The molecule has 28 heavy (non-hydrogen) atoms. The Morgan fingerprint density at radius 3 is 2.57 bits per heavy atom. The van der Waals surface area contributed by atoms with Crippen molar-refractivity contribution in [2.24, 2.45) is 0 Å². The Balaban J connectivity index is 1.84. The molecule has 8 nitrogen and oxygen atoms in total. The number of halogens is 1. The van der Waals surface area contributed by atoms with Crippen LogP contribution in [-0.2, 0) is 16.4 Å². The van der Waals surface area contributed by atoms with Crippen molar-refractivity contribution < 1.29 is 13.3 Å². The minimum absolute atomic E-state index is 0.0372. The van der Waals surface area contributed by atoms with E-state index in [-0.39, 0.29) is 32.1 Å². The van der Waals surface area contributed by atoms with Crippen molar-refractivity contribution >= 4 is 44.0 Å². The number of anilines is 1. The van der Waals surface area contributed by atoms with Crippen LogP contribution in [0.3, 0.4) is 0 Å². The lowest BCUT2D eigenvalue weighted by atomic mass is 10.1. The van der Waals surface area contributed by atoms with Gasteiger partial charge in [0.2, 0.25) is 5.13 Å². The molecular formula is C17H15ClN4O4S2. The molecule has 0 bridgehead atoms. The van der Waals surface area contributed by atoms with E-state index in [9.17, 15) is 18.5 Å². The van der Waals surface area contributed by atoms with Crippen LogP contribution in [0.2, 0.25) is 5.02 Å². The first-order valence-electron chi connectivity index (χ1n) is 8.20. The van der Waals surface area contributed by atoms with Crippen molar-refractivity contribution in [3.05, 3.63) is 63.2 Å². The summed E-state index contributed by atoms with van der Waals surface area (Å²) in [4.78, 5) is 14.6. The highest BCUT2D eigenvalue weighted by atomic mass is 35.5. The molecule has 1 heterocycles. The molecule has 0 aliphatic rings. The van der Waals surface area contributed by atoms with E-state index in [2.05, 4.69) is 14.1 Å². The van der Waals surface area contributed by atoms with Crippen LogP contribution in [-0.4, -0.2) is 22.7 Å². The van der Waals surface area contributed by atoms with E-state index in [1.54, 1.807) is 12.1 Å². The summed E-state index contributed by atoms with van der Waals surface area (Å²) in [7, 11) is -3.83. The summed E-state index contributed by atoms with van der Waals surface area (Å²) in [6.45, 7) is 2.05. The second-order valence-electron chi connectivity index (χ2n) is 5.84. The molecule has 3 aromatic rings. The molecule has 0 unspecified atom stereocenters. The summed E-state index contributed by atoms with van der Waals surface area (Å²) in [5, 5.41) is 11.2. The van der Waals surface area contributed by atoms with Crippen molar-refractivity contribution in [1.82, 2.24) is 9.36 Å². The molecule has 0 saturated carbocycles. The van der Waals surface area contributed by atoms with Gasteiger partial charge in [-0.2, -0.15) is 9.36 Å². The third kappa shape index (κ3) is 4.46. The highest BCUT2D eigenvalue weighted by molar-refractivity contribution is 7.93. The van der Waals surface area contributed by atoms with Crippen LogP contribution in [0.4, 0.5) is 10.8 Å². The number of nitro groups is 1. The first-order chi connectivity index (χ1) is 13.3. The van der Waals surface area contributed by atoms with Gasteiger partial charge in [0.15, 0.2) is 5.82 Å². The van der Waals surface area contributed by atoms with Gasteiger partial charge in [-0.15, -0.1) is 0 Å². The van der Waals surface area contributed by atoms with E-state index in [0.29, 0.717) is 0 Å². The van der Waals surface area contributed by atoms with Gasteiger partial charge in [-0.25, -0.2) is 8.42 Å². The number of hydrogen-bond acceptors (Lipinski definition) is 7. The van der Waals surface area contributed by atoms with Crippen molar-refractivity contribution in [3.8, 4) is 11.4 Å². The lowest BCUT2D eigenvalue weighted by molar-refractivity contribution is -0.384. The van der Waals surface area contributed by atoms with E-state index in [1.807, 2.05) is 6.92 Å². The van der Waals surface area contributed by atoms with Gasteiger partial charge in [-0.05, 0) is 30.2 Å². The number of aromatic nitrogens is 2. The number of aryl methyl sites for hydroxylation is 1. The van der Waals surface area contributed by atoms with Crippen molar-refractivity contribution in [2.75, 3.05) is 4.72 Å². The number of nitrogens with one attached hydrogen (secondary N) is 1. The molecule has 146 valence electrons. The number of sulfonamides is 1. The van der Waals surface area contributed by atoms with Crippen LogP contribution in [0.15, 0.2) is 47.4 Å². The second kappa shape index (κ2) is 8.21. The summed E-state index contributed by atoms with van der Waals surface area (Å²) >= 11 is 6.90. The monoisotopic (exact) mass is 438 g/mol. The number of hydrogen-bond donors (Lipinski definition) is 1. The summed E-state index contributed by atoms with van der Waals surface area (Å²) in [5.74, 6) is 0.106. The van der Waals surface area contributed by atoms with Crippen molar-refractivity contribution in [1.29, 1.82) is 0 Å². The van der Waals surface area contributed by atoms with Gasteiger partial charge in [0, 0.05) is 29.2 Å². The fourth-order valence-corrected chi connectivity index (χ4v) is 4.48. The number of nitro benzene ring substituents is 1. The summed E-state index contributed by atoms with van der Waals surface area (Å²) in [6.07, 6.45) is 1.84. The van der Waals surface area contributed by atoms with E-state index < -0.39 is 14.9 Å². The Morgan fingerprint density at radius 1 is 1.21 bits per heavy atom. The topological polar surface area (TPSA) is 115 Å². The number of rotatable bonds is 7. The zero-order valence-corrected chi connectivity index (χ0v) is 17.0. The van der Waals surface area contributed by atoms with E-state index in [1.165, 1.54) is 30.3 Å². The molecule has 0 atom stereocenters. The fourth-order valence-electron chi connectivity index (χ4n) is 2.47. The van der Waals surface area contributed by atoms with Crippen LogP contribution in [0.25, 0.3) is 11.4 Å². The normalized spacial score (nSPS) is 11.4. The van der Waals surface area contributed by atoms with Gasteiger partial charge >= 0.3 is 0 Å². The minimum Gasteiger partial charge on any atom is -0.258 e. The number of benzene rings is 2. The molecule has 0 fully saturated rings. The molecule has 1 N–H and O–H groups in total. The van der Waals surface area contributed by atoms with Gasteiger partial charge in [0.05, 0.1) is 14.8 Å². The third-order valence-corrected chi connectivity index (χ3v) is 6.27. The maximum Gasteiger partial charge on any atom is 0.270 e. The van der Waals surface area contributed by atoms with Crippen LogP contribution in [0, 0.1) is 10.1 Å². The molecule has 0 saturated heterocycles. The predicted octanol–water partition coefficient (Wildman–Crippen LogP) is 4.52. The Hall–Kier alpha value is -2.56. The third-order valence-electron chi connectivity index (χ3n) is 3.82. The zero-order chi connectivity index (χ0) is 20.3. The minimum atomic E-state index is -3.83. The van der Waals surface area contributed by atoms with Crippen molar-refractivity contribution in [2.45, 2.75) is 24.7 Å². The Kier molecular flexibility index (Phi) is 5.92. The van der Waals surface area contributed by atoms with Crippen molar-refractivity contribution in [3.63, 3.8) is 0 Å². The van der Waals surface area contributed by atoms with Crippen LogP contribution >= 0.6 is 23.1 Å². The lowest BCUT2D eigenvalue weighted by Gasteiger charge is -2.06. The second-order valence-corrected chi connectivity index (χ2v) is 8.69. The average molecular weight is 439 g/mol. The van der Waals surface area contributed by atoms with Gasteiger partial charge in [0.1, 0.15) is 0 Å². The molecule has 2 aromatic carbocycles. The Bertz CT molecular complexity index is 1110. The van der Waals surface area contributed by atoms with Gasteiger partial charge in [-0.1, -0.05) is 37.1 Å². The van der Waals surface area contributed by atoms with Crippen LogP contribution in [0.1, 0.15) is 18.9 Å². The van der Waals surface area contributed by atoms with Crippen LogP contribution in [0.5, 0.6) is 0 Å². The maximum atomic E-state index is 12.5. The van der Waals surface area contributed by atoms with Gasteiger partial charge < -0.3 is 0 Å². The first-order valence-corrected chi connectivity index (χ1v) is 10.8. The zero-order valence-electron chi connectivity index (χ0n) is 14.6. The molecule has 3 rings (SSSR count). The quantitative estimate of drug-likeness (QED) is 0.428. The number of non-ortho nitro benzene ring substituents is 1. The van der Waals surface area contributed by atoms with Gasteiger partial charge in [0.25, 0.3) is 15.7 Å². The summed E-state index contributed by atoms with van der Waals surface area (Å²) in [5.41, 5.74) is 1.14. The Morgan fingerprint density at radius 2 is 1.93 bits per heavy atom. The average Bonchev–Trinajstić information content (AvgIpc) is 3.10. The predicted molar refractivity (Wildman–Crippen MR) is 108 cm³/mol. The summed E-state index contributed by atoms with van der Waals surface area (Å²) < 4.78 is 31.5. The molecule has 0 aliphatic carbocycles. The standard InChI is InChI=1S/C17H15ClN4O4S2/c1-2-3-11-4-7-13(8-5-11)28(25,26)21-17-19-16(20-27-17)14-10-12(22(23)24)6-9-15(14)18/h4-10H,2-3H2,1H3,(H,19,20,21). The molecule has 1 aromatic heterocycles. The van der Waals surface area contributed by atoms with Crippen LogP contribution < -0.4 is 4.72 Å². The van der Waals surface area contributed by atoms with E-state index in [4.69, 9.17) is 11.6 Å². The SMILES string of the molecule is CCCc1ccc(S(=O)(=O)Nc2nc(-c3cc([N+](=O)[O-])ccc3Cl)ns2)cc1. The van der Waals surface area contributed by atoms with E-state index >= 15 is 0 Å². The fraction of sp³-hybridized carbons (Fsp3) is 0.176. The molecular weight excluding hydrogens is 424 g/mol. The summed E-state index contributed by atoms with van der Waals surface area (Å²) in [6, 6.07) is 10.5. The lowest BCUT2D eigenvalue weighted by Crippen LogP contribution is -2.12. The van der Waals surface area contributed by atoms with E-state index in [0.717, 1.165) is 29.9 Å². The number of nitrogens with zero attached hydrogens (tertiary/aromatic N) is 3. The smallest absolute Gasteiger partial charge is 0.258 e. The molecule has 0 aliphatic heterocycles. The highest BCUT2D eigenvalue weighted by Crippen LogP contribution is 2.31. The Labute approximate surface area is 170 Å². The highest BCUT2D eigenvalue weighted by Gasteiger charge is 2.19. The first kappa shape index (κ1) is 20.2. The largest absolute Gasteiger partial charge is 0.270 e. The maximum absolute atomic E-state index is 12.5. The molecule has 0 radical (unpaired) electrons. The molecule has 0 amide bonds.